The van der Waals surface area contributed by atoms with Crippen molar-refractivity contribution in [3.8, 4) is 11.4 Å². The van der Waals surface area contributed by atoms with Gasteiger partial charge in [0, 0.05) is 35.6 Å². The van der Waals surface area contributed by atoms with Gasteiger partial charge in [0.25, 0.3) is 0 Å². The van der Waals surface area contributed by atoms with Crippen LogP contribution in [0.5, 0.6) is 0 Å². The van der Waals surface area contributed by atoms with Crippen molar-refractivity contribution < 1.29 is 4.79 Å². The Morgan fingerprint density at radius 3 is 2.57 bits per heavy atom. The number of rotatable bonds is 2. The third-order valence-corrected chi connectivity index (χ3v) is 5.39. The number of nitrogens with one attached hydrogen (secondary N) is 1. The highest BCUT2D eigenvalue weighted by atomic mass is 16.1. The predicted molar refractivity (Wildman–Crippen MR) is 107 cm³/mol. The van der Waals surface area contributed by atoms with Crippen molar-refractivity contribution in [1.82, 2.24) is 19.7 Å². The van der Waals surface area contributed by atoms with Crippen LogP contribution in [-0.4, -0.2) is 25.5 Å². The first-order valence-electron chi connectivity index (χ1n) is 9.47. The first-order chi connectivity index (χ1) is 13.5. The van der Waals surface area contributed by atoms with E-state index in [1.54, 1.807) is 12.4 Å². The van der Waals surface area contributed by atoms with Gasteiger partial charge in [-0.1, -0.05) is 44.2 Å². The van der Waals surface area contributed by atoms with Gasteiger partial charge in [-0.25, -0.2) is 4.68 Å². The molecular weight excluding hydrogens is 350 g/mol. The molecule has 3 heterocycles. The van der Waals surface area contributed by atoms with Gasteiger partial charge >= 0.3 is 0 Å². The molecule has 6 heteroatoms. The maximum Gasteiger partial charge on any atom is 0.226 e. The zero-order valence-electron chi connectivity index (χ0n) is 15.9. The summed E-state index contributed by atoms with van der Waals surface area (Å²) < 4.78 is 1.84. The average molecular weight is 371 g/mol. The van der Waals surface area contributed by atoms with Crippen molar-refractivity contribution in [3.63, 3.8) is 0 Å². The number of Topliss-reactive ketones (excluding diaryl/α,β-unsaturated/α-hetero) is 1. The SMILES string of the molecule is CC1(C)CC(=O)C2=C(C1)Nc1nc(-c3ccccc3)nn1C2c1ccncc1. The normalized spacial score (nSPS) is 20.4. The van der Waals surface area contributed by atoms with Gasteiger partial charge in [0.1, 0.15) is 6.04 Å². The van der Waals surface area contributed by atoms with E-state index in [4.69, 9.17) is 10.1 Å². The molecule has 5 rings (SSSR count). The van der Waals surface area contributed by atoms with Crippen molar-refractivity contribution in [2.75, 3.05) is 5.32 Å². The zero-order valence-corrected chi connectivity index (χ0v) is 15.9. The van der Waals surface area contributed by atoms with Crippen molar-refractivity contribution in [3.05, 3.63) is 71.7 Å². The van der Waals surface area contributed by atoms with Crippen molar-refractivity contribution in [2.24, 2.45) is 5.41 Å². The van der Waals surface area contributed by atoms with Crippen molar-refractivity contribution in [2.45, 2.75) is 32.7 Å². The molecule has 1 N–H and O–H groups in total. The molecule has 0 spiro atoms. The van der Waals surface area contributed by atoms with Gasteiger partial charge in [0.2, 0.25) is 5.95 Å². The van der Waals surface area contributed by atoms with Gasteiger partial charge in [-0.3, -0.25) is 9.78 Å². The molecule has 1 unspecified atom stereocenters. The van der Waals surface area contributed by atoms with Gasteiger partial charge in [0.15, 0.2) is 11.6 Å². The molecule has 3 aromatic rings. The van der Waals surface area contributed by atoms with E-state index in [0.29, 0.717) is 18.2 Å². The standard InChI is InChI=1S/C22H21N5O/c1-22(2)12-16-18(17(28)13-22)19(14-8-10-23-11-9-14)27-21(24-16)25-20(26-27)15-6-4-3-5-7-15/h3-11,19H,12-13H2,1-2H3,(H,24,25,26). The van der Waals surface area contributed by atoms with Gasteiger partial charge in [-0.2, -0.15) is 4.98 Å². The summed E-state index contributed by atoms with van der Waals surface area (Å²) in [5.41, 5.74) is 3.62. The maximum absolute atomic E-state index is 13.1. The zero-order chi connectivity index (χ0) is 19.3. The molecule has 28 heavy (non-hydrogen) atoms. The number of pyridine rings is 1. The number of anilines is 1. The van der Waals surface area contributed by atoms with E-state index in [2.05, 4.69) is 24.1 Å². The molecule has 0 bridgehead atoms. The lowest BCUT2D eigenvalue weighted by atomic mass is 9.73. The maximum atomic E-state index is 13.1. The number of carbonyl (C=O) groups is 1. The molecule has 1 atom stereocenters. The summed E-state index contributed by atoms with van der Waals surface area (Å²) in [6.45, 7) is 4.26. The second kappa shape index (κ2) is 6.12. The summed E-state index contributed by atoms with van der Waals surface area (Å²) in [6.07, 6.45) is 4.85. The summed E-state index contributed by atoms with van der Waals surface area (Å²) in [5, 5.41) is 8.18. The van der Waals surface area contributed by atoms with Crippen LogP contribution in [0, 0.1) is 5.41 Å². The summed E-state index contributed by atoms with van der Waals surface area (Å²) in [6, 6.07) is 13.5. The molecule has 0 radical (unpaired) electrons. The Morgan fingerprint density at radius 1 is 1.07 bits per heavy atom. The molecule has 0 amide bonds. The minimum absolute atomic E-state index is 0.0733. The number of ketones is 1. The Hall–Kier alpha value is -3.28. The molecule has 0 fully saturated rings. The number of benzene rings is 1. The molecule has 0 saturated heterocycles. The smallest absolute Gasteiger partial charge is 0.226 e. The third-order valence-electron chi connectivity index (χ3n) is 5.39. The van der Waals surface area contributed by atoms with Gasteiger partial charge < -0.3 is 5.32 Å². The average Bonchev–Trinajstić information content (AvgIpc) is 3.10. The molecule has 140 valence electrons. The Balaban J connectivity index is 1.69. The Labute approximate surface area is 163 Å². The fourth-order valence-corrected chi connectivity index (χ4v) is 4.17. The number of allylic oxidation sites excluding steroid dienone is 2. The topological polar surface area (TPSA) is 72.7 Å². The quantitative estimate of drug-likeness (QED) is 0.737. The number of hydrogen-bond donors (Lipinski definition) is 1. The van der Waals surface area contributed by atoms with Crippen LogP contribution in [-0.2, 0) is 4.79 Å². The second-order valence-electron chi connectivity index (χ2n) is 8.21. The van der Waals surface area contributed by atoms with Gasteiger partial charge in [-0.05, 0) is 29.5 Å². The fraction of sp³-hybridized carbons (Fsp3) is 0.273. The molecule has 0 saturated carbocycles. The predicted octanol–water partition coefficient (Wildman–Crippen LogP) is 4.00. The monoisotopic (exact) mass is 371 g/mol. The fourth-order valence-electron chi connectivity index (χ4n) is 4.17. The lowest BCUT2D eigenvalue weighted by Gasteiger charge is -2.38. The summed E-state index contributed by atoms with van der Waals surface area (Å²) >= 11 is 0. The Bertz CT molecular complexity index is 1080. The highest BCUT2D eigenvalue weighted by Gasteiger charge is 2.41. The van der Waals surface area contributed by atoms with Gasteiger partial charge in [-0.15, -0.1) is 5.10 Å². The van der Waals surface area contributed by atoms with E-state index in [0.717, 1.165) is 28.8 Å². The van der Waals surface area contributed by atoms with E-state index < -0.39 is 0 Å². The number of hydrogen-bond acceptors (Lipinski definition) is 5. The highest BCUT2D eigenvalue weighted by Crippen LogP contribution is 2.45. The van der Waals surface area contributed by atoms with E-state index in [1.807, 2.05) is 47.1 Å². The van der Waals surface area contributed by atoms with Crippen LogP contribution in [0.4, 0.5) is 5.95 Å². The molecule has 2 aliphatic rings. The first-order valence-corrected chi connectivity index (χ1v) is 9.47. The molecule has 6 nitrogen and oxygen atoms in total. The molecule has 1 aliphatic carbocycles. The molecule has 1 aromatic carbocycles. The first kappa shape index (κ1) is 16.9. The molecule has 1 aliphatic heterocycles. The van der Waals surface area contributed by atoms with Gasteiger partial charge in [0.05, 0.1) is 0 Å². The lowest BCUT2D eigenvalue weighted by molar-refractivity contribution is -0.118. The number of fused-ring (bicyclic) bond motifs is 1. The van der Waals surface area contributed by atoms with Crippen LogP contribution in [0.25, 0.3) is 11.4 Å². The van der Waals surface area contributed by atoms with E-state index in [1.165, 1.54) is 0 Å². The molecule has 2 aromatic heterocycles. The van der Waals surface area contributed by atoms with E-state index in [9.17, 15) is 4.79 Å². The number of carbonyl (C=O) groups excluding carboxylic acids is 1. The van der Waals surface area contributed by atoms with Crippen molar-refractivity contribution in [1.29, 1.82) is 0 Å². The summed E-state index contributed by atoms with van der Waals surface area (Å²) in [7, 11) is 0. The van der Waals surface area contributed by atoms with Crippen LogP contribution in [0.1, 0.15) is 38.3 Å². The largest absolute Gasteiger partial charge is 0.328 e. The Kier molecular flexibility index (Phi) is 3.69. The van der Waals surface area contributed by atoms with Crippen LogP contribution in [0.3, 0.4) is 0 Å². The number of nitrogens with zero attached hydrogens (tertiary/aromatic N) is 4. The van der Waals surface area contributed by atoms with Crippen LogP contribution in [0.2, 0.25) is 0 Å². The van der Waals surface area contributed by atoms with Crippen LogP contribution >= 0.6 is 0 Å². The van der Waals surface area contributed by atoms with E-state index in [-0.39, 0.29) is 17.2 Å². The minimum Gasteiger partial charge on any atom is -0.328 e. The Morgan fingerprint density at radius 2 is 1.82 bits per heavy atom. The van der Waals surface area contributed by atoms with Crippen molar-refractivity contribution >= 4 is 11.7 Å². The highest BCUT2D eigenvalue weighted by molar-refractivity contribution is 6.00. The van der Waals surface area contributed by atoms with Crippen LogP contribution < -0.4 is 5.32 Å². The third kappa shape index (κ3) is 2.72. The minimum atomic E-state index is -0.289. The summed E-state index contributed by atoms with van der Waals surface area (Å²) in [5.74, 6) is 1.49. The second-order valence-corrected chi connectivity index (χ2v) is 8.21. The van der Waals surface area contributed by atoms with Crippen LogP contribution in [0.15, 0.2) is 66.1 Å². The summed E-state index contributed by atoms with van der Waals surface area (Å²) in [4.78, 5) is 22.0. The van der Waals surface area contributed by atoms with E-state index >= 15 is 0 Å². The number of aromatic nitrogens is 4. The lowest BCUT2D eigenvalue weighted by Crippen LogP contribution is -2.36. The molecular formula is C22H21N5O.